The fraction of sp³-hybridized carbons (Fsp3) is 0.571. The van der Waals surface area contributed by atoms with Crippen molar-refractivity contribution in [2.45, 2.75) is 13.3 Å². The number of nitrogens with zero attached hydrogens (tertiary/aromatic N) is 4. The first-order chi connectivity index (χ1) is 10.3. The van der Waals surface area contributed by atoms with Crippen molar-refractivity contribution in [2.24, 2.45) is 0 Å². The molecule has 0 aliphatic carbocycles. The van der Waals surface area contributed by atoms with Gasteiger partial charge in [0.1, 0.15) is 4.83 Å². The molecule has 0 bridgehead atoms. The molecule has 1 fully saturated rings. The van der Waals surface area contributed by atoms with Gasteiger partial charge in [-0.3, -0.25) is 0 Å². The SMILES string of the molecule is CCCNc1nc(NN2CCN(C)CC2)c2ccsc2n1. The van der Waals surface area contributed by atoms with Crippen molar-refractivity contribution in [3.8, 4) is 0 Å². The molecule has 7 heteroatoms. The second kappa shape index (κ2) is 6.55. The zero-order valence-corrected chi connectivity index (χ0v) is 13.4. The summed E-state index contributed by atoms with van der Waals surface area (Å²) in [5, 5.41) is 8.68. The Hall–Kier alpha value is -1.44. The van der Waals surface area contributed by atoms with Gasteiger partial charge in [-0.15, -0.1) is 11.3 Å². The zero-order chi connectivity index (χ0) is 14.7. The van der Waals surface area contributed by atoms with Gasteiger partial charge >= 0.3 is 0 Å². The number of hydrogen-bond acceptors (Lipinski definition) is 7. The molecule has 21 heavy (non-hydrogen) atoms. The lowest BCUT2D eigenvalue weighted by atomic mass is 10.3. The standard InChI is InChI=1S/C14H22N6S/c1-3-5-15-14-16-12(11-4-10-21-13(11)17-14)18-20-8-6-19(2)7-9-20/h4,10H,3,5-9H2,1-2H3,(H2,15,16,17,18). The minimum Gasteiger partial charge on any atom is -0.354 e. The Kier molecular flexibility index (Phi) is 4.52. The number of rotatable bonds is 5. The minimum atomic E-state index is 0.712. The van der Waals surface area contributed by atoms with Crippen LogP contribution in [0.1, 0.15) is 13.3 Å². The third-order valence-corrected chi connectivity index (χ3v) is 4.43. The molecule has 1 aliphatic rings. The summed E-state index contributed by atoms with van der Waals surface area (Å²) in [6.07, 6.45) is 1.06. The summed E-state index contributed by atoms with van der Waals surface area (Å²) in [4.78, 5) is 12.6. The average molecular weight is 306 g/mol. The summed E-state index contributed by atoms with van der Waals surface area (Å²) in [5.74, 6) is 1.62. The number of aromatic nitrogens is 2. The molecule has 1 saturated heterocycles. The van der Waals surface area contributed by atoms with Gasteiger partial charge in [-0.25, -0.2) is 9.99 Å². The minimum absolute atomic E-state index is 0.712. The first kappa shape index (κ1) is 14.5. The van der Waals surface area contributed by atoms with Crippen molar-refractivity contribution in [1.82, 2.24) is 19.9 Å². The van der Waals surface area contributed by atoms with E-state index in [0.29, 0.717) is 5.95 Å². The molecule has 2 N–H and O–H groups in total. The molecule has 3 rings (SSSR count). The van der Waals surface area contributed by atoms with E-state index in [-0.39, 0.29) is 0 Å². The lowest BCUT2D eigenvalue weighted by molar-refractivity contribution is 0.178. The average Bonchev–Trinajstić information content (AvgIpc) is 2.96. The van der Waals surface area contributed by atoms with Crippen LogP contribution in [-0.4, -0.2) is 59.6 Å². The molecular formula is C14H22N6S. The van der Waals surface area contributed by atoms with E-state index >= 15 is 0 Å². The molecule has 6 nitrogen and oxygen atoms in total. The smallest absolute Gasteiger partial charge is 0.226 e. The van der Waals surface area contributed by atoms with Crippen molar-refractivity contribution >= 4 is 33.3 Å². The molecule has 2 aromatic rings. The molecule has 114 valence electrons. The van der Waals surface area contributed by atoms with Crippen LogP contribution >= 0.6 is 11.3 Å². The van der Waals surface area contributed by atoms with Gasteiger partial charge in [0, 0.05) is 32.7 Å². The lowest BCUT2D eigenvalue weighted by Gasteiger charge is -2.32. The highest BCUT2D eigenvalue weighted by atomic mass is 32.1. The third kappa shape index (κ3) is 3.42. The molecule has 0 unspecified atom stereocenters. The fourth-order valence-corrected chi connectivity index (χ4v) is 3.09. The van der Waals surface area contributed by atoms with E-state index in [1.54, 1.807) is 11.3 Å². The Labute approximate surface area is 129 Å². The Balaban J connectivity index is 1.80. The maximum atomic E-state index is 4.64. The first-order valence-electron chi connectivity index (χ1n) is 7.45. The highest BCUT2D eigenvalue weighted by Crippen LogP contribution is 2.26. The molecule has 1 aliphatic heterocycles. The maximum absolute atomic E-state index is 4.64. The van der Waals surface area contributed by atoms with E-state index in [1.807, 2.05) is 0 Å². The van der Waals surface area contributed by atoms with E-state index < -0.39 is 0 Å². The van der Waals surface area contributed by atoms with E-state index in [0.717, 1.165) is 55.2 Å². The van der Waals surface area contributed by atoms with E-state index in [9.17, 15) is 0 Å². The number of hydrogen-bond donors (Lipinski definition) is 2. The van der Waals surface area contributed by atoms with Crippen LogP contribution in [0.4, 0.5) is 11.8 Å². The molecule has 2 aromatic heterocycles. The van der Waals surface area contributed by atoms with E-state index in [2.05, 4.69) is 56.0 Å². The predicted octanol–water partition coefficient (Wildman–Crippen LogP) is 2.09. The van der Waals surface area contributed by atoms with E-state index in [4.69, 9.17) is 0 Å². The van der Waals surface area contributed by atoms with Crippen LogP contribution < -0.4 is 10.7 Å². The Morgan fingerprint density at radius 2 is 2.05 bits per heavy atom. The number of hydrazine groups is 1. The molecule has 0 spiro atoms. The van der Waals surface area contributed by atoms with Crippen molar-refractivity contribution in [3.63, 3.8) is 0 Å². The topological polar surface area (TPSA) is 56.3 Å². The normalized spacial score (nSPS) is 17.2. The summed E-state index contributed by atoms with van der Waals surface area (Å²) in [5.41, 5.74) is 3.47. The number of anilines is 2. The van der Waals surface area contributed by atoms with Crippen molar-refractivity contribution in [2.75, 3.05) is 50.5 Å². The largest absolute Gasteiger partial charge is 0.354 e. The van der Waals surface area contributed by atoms with Crippen LogP contribution in [0.5, 0.6) is 0 Å². The molecule has 0 atom stereocenters. The van der Waals surface area contributed by atoms with Crippen LogP contribution in [0, 0.1) is 0 Å². The summed E-state index contributed by atoms with van der Waals surface area (Å²) in [6.45, 7) is 7.19. The van der Waals surface area contributed by atoms with Gasteiger partial charge in [-0.1, -0.05) is 6.92 Å². The number of piperazine rings is 1. The summed E-state index contributed by atoms with van der Waals surface area (Å²) in [7, 11) is 2.16. The van der Waals surface area contributed by atoms with Gasteiger partial charge in [0.15, 0.2) is 5.82 Å². The van der Waals surface area contributed by atoms with Crippen LogP contribution in [0.3, 0.4) is 0 Å². The number of fused-ring (bicyclic) bond motifs is 1. The van der Waals surface area contributed by atoms with Gasteiger partial charge in [0.05, 0.1) is 5.39 Å². The molecule has 0 aromatic carbocycles. The monoisotopic (exact) mass is 306 g/mol. The van der Waals surface area contributed by atoms with Crippen LogP contribution in [0.25, 0.3) is 10.2 Å². The van der Waals surface area contributed by atoms with Gasteiger partial charge < -0.3 is 15.6 Å². The summed E-state index contributed by atoms with van der Waals surface area (Å²) >= 11 is 1.65. The van der Waals surface area contributed by atoms with Crippen LogP contribution in [0.2, 0.25) is 0 Å². The highest BCUT2D eigenvalue weighted by Gasteiger charge is 2.16. The fourth-order valence-electron chi connectivity index (χ4n) is 2.32. The van der Waals surface area contributed by atoms with Crippen molar-refractivity contribution in [3.05, 3.63) is 11.4 Å². The number of nitrogens with one attached hydrogen (secondary N) is 2. The molecule has 3 heterocycles. The summed E-state index contributed by atoms with van der Waals surface area (Å²) in [6, 6.07) is 2.09. The molecule has 0 saturated carbocycles. The number of likely N-dealkylation sites (N-methyl/N-ethyl adjacent to an activating group) is 1. The third-order valence-electron chi connectivity index (χ3n) is 3.63. The predicted molar refractivity (Wildman–Crippen MR) is 88.9 cm³/mol. The van der Waals surface area contributed by atoms with E-state index in [1.165, 1.54) is 0 Å². The van der Waals surface area contributed by atoms with Crippen LogP contribution in [-0.2, 0) is 0 Å². The first-order valence-corrected chi connectivity index (χ1v) is 8.33. The van der Waals surface area contributed by atoms with Gasteiger partial charge in [-0.2, -0.15) is 4.98 Å². The summed E-state index contributed by atoms with van der Waals surface area (Å²) < 4.78 is 0. The quantitative estimate of drug-likeness (QED) is 0.882. The van der Waals surface area contributed by atoms with Gasteiger partial charge in [0.2, 0.25) is 5.95 Å². The van der Waals surface area contributed by atoms with Gasteiger partial charge in [0.25, 0.3) is 0 Å². The molecule has 0 amide bonds. The Morgan fingerprint density at radius 3 is 2.81 bits per heavy atom. The van der Waals surface area contributed by atoms with Gasteiger partial charge in [-0.05, 0) is 24.9 Å². The van der Waals surface area contributed by atoms with Crippen LogP contribution in [0.15, 0.2) is 11.4 Å². The second-order valence-corrected chi connectivity index (χ2v) is 6.26. The van der Waals surface area contributed by atoms with Crippen molar-refractivity contribution < 1.29 is 0 Å². The molecular weight excluding hydrogens is 284 g/mol. The highest BCUT2D eigenvalue weighted by molar-refractivity contribution is 7.16. The zero-order valence-electron chi connectivity index (χ0n) is 12.6. The molecule has 0 radical (unpaired) electrons. The van der Waals surface area contributed by atoms with Crippen molar-refractivity contribution in [1.29, 1.82) is 0 Å². The lowest BCUT2D eigenvalue weighted by Crippen LogP contribution is -2.47. The number of thiophene rings is 1. The second-order valence-electron chi connectivity index (χ2n) is 5.36. The maximum Gasteiger partial charge on any atom is 0.226 e. The Morgan fingerprint density at radius 1 is 1.24 bits per heavy atom. The Bertz CT molecular complexity index is 590.